The van der Waals surface area contributed by atoms with Crippen molar-refractivity contribution in [3.05, 3.63) is 99.5 Å². The third-order valence-electron chi connectivity index (χ3n) is 6.07. The van der Waals surface area contributed by atoms with Gasteiger partial charge in [-0.1, -0.05) is 18.2 Å². The van der Waals surface area contributed by atoms with Crippen molar-refractivity contribution in [2.75, 3.05) is 14.2 Å². The van der Waals surface area contributed by atoms with Gasteiger partial charge in [-0.05, 0) is 38.1 Å². The number of carbonyl (C=O) groups excluding carboxylic acids is 1. The van der Waals surface area contributed by atoms with Gasteiger partial charge >= 0.3 is 0 Å². The molecule has 0 bridgehead atoms. The van der Waals surface area contributed by atoms with Gasteiger partial charge in [-0.2, -0.15) is 5.10 Å². The fourth-order valence-electron chi connectivity index (χ4n) is 4.08. The van der Waals surface area contributed by atoms with Crippen LogP contribution in [0.4, 0.5) is 5.69 Å². The number of pyridine rings is 1. The summed E-state index contributed by atoms with van der Waals surface area (Å²) in [5.74, 6) is 0.664. The summed E-state index contributed by atoms with van der Waals surface area (Å²) in [5, 5.41) is 15.8. The Bertz CT molecular complexity index is 1400. The second-order valence-corrected chi connectivity index (χ2v) is 8.56. The van der Waals surface area contributed by atoms with Crippen LogP contribution in [0.15, 0.2) is 67.0 Å². The van der Waals surface area contributed by atoms with E-state index < -0.39 is 4.92 Å². The lowest BCUT2D eigenvalue weighted by molar-refractivity contribution is -0.384. The Morgan fingerprint density at radius 2 is 1.81 bits per heavy atom. The van der Waals surface area contributed by atoms with E-state index in [1.165, 1.54) is 12.1 Å². The maximum absolute atomic E-state index is 13.3. The number of methoxy groups -OCH3 is 1. The summed E-state index contributed by atoms with van der Waals surface area (Å²) in [4.78, 5) is 30.0. The molecule has 184 valence electrons. The van der Waals surface area contributed by atoms with Crippen LogP contribution in [0, 0.1) is 24.0 Å². The molecule has 2 aromatic carbocycles. The Balaban J connectivity index is 1.63. The Labute approximate surface area is 209 Å². The molecule has 36 heavy (non-hydrogen) atoms. The number of ether oxygens (including phenoxy) is 1. The number of hydrogen-bond donors (Lipinski definition) is 0. The molecule has 0 unspecified atom stereocenters. The first-order chi connectivity index (χ1) is 17.3. The number of non-ortho nitro benzene ring substituents is 1. The van der Waals surface area contributed by atoms with Gasteiger partial charge in [-0.3, -0.25) is 19.9 Å². The zero-order chi connectivity index (χ0) is 25.8. The van der Waals surface area contributed by atoms with Gasteiger partial charge in [0.25, 0.3) is 5.69 Å². The van der Waals surface area contributed by atoms with Crippen LogP contribution in [-0.2, 0) is 17.8 Å². The molecule has 9 heteroatoms. The SMILES string of the molecule is COc1c(C)cnc(CN(C)C(=O)Cc2cn(-c3ccccc3)nc2-c2ccc([N+](=O)[O-])cc2)c1C. The van der Waals surface area contributed by atoms with Gasteiger partial charge in [-0.15, -0.1) is 0 Å². The maximum atomic E-state index is 13.3. The molecular weight excluding hydrogens is 458 g/mol. The number of nitro benzene ring substituents is 1. The largest absolute Gasteiger partial charge is 0.496 e. The van der Waals surface area contributed by atoms with Crippen molar-refractivity contribution in [3.63, 3.8) is 0 Å². The predicted molar refractivity (Wildman–Crippen MR) is 136 cm³/mol. The number of aryl methyl sites for hydroxylation is 1. The molecule has 1 amide bonds. The molecule has 0 aliphatic carbocycles. The first-order valence-corrected chi connectivity index (χ1v) is 11.4. The third kappa shape index (κ3) is 5.10. The van der Waals surface area contributed by atoms with Crippen LogP contribution >= 0.6 is 0 Å². The molecule has 0 N–H and O–H groups in total. The van der Waals surface area contributed by atoms with Gasteiger partial charge in [0.1, 0.15) is 5.75 Å². The van der Waals surface area contributed by atoms with Crippen LogP contribution < -0.4 is 4.74 Å². The Kier molecular flexibility index (Phi) is 7.10. The highest BCUT2D eigenvalue weighted by atomic mass is 16.6. The molecule has 0 spiro atoms. The highest BCUT2D eigenvalue weighted by Crippen LogP contribution is 2.28. The molecule has 0 aliphatic rings. The number of amides is 1. The summed E-state index contributed by atoms with van der Waals surface area (Å²) in [6.07, 6.45) is 3.68. The number of rotatable bonds is 8. The summed E-state index contributed by atoms with van der Waals surface area (Å²) in [6.45, 7) is 4.20. The maximum Gasteiger partial charge on any atom is 0.269 e. The lowest BCUT2D eigenvalue weighted by atomic mass is 10.0. The topological polar surface area (TPSA) is 103 Å². The van der Waals surface area contributed by atoms with E-state index in [1.807, 2.05) is 50.4 Å². The van der Waals surface area contributed by atoms with Crippen molar-refractivity contribution in [2.24, 2.45) is 0 Å². The number of aromatic nitrogens is 3. The van der Waals surface area contributed by atoms with Gasteiger partial charge in [-0.25, -0.2) is 4.68 Å². The molecule has 0 saturated heterocycles. The van der Waals surface area contributed by atoms with E-state index in [1.54, 1.807) is 42.1 Å². The molecule has 0 aliphatic heterocycles. The average molecular weight is 486 g/mol. The minimum atomic E-state index is -0.443. The van der Waals surface area contributed by atoms with E-state index in [4.69, 9.17) is 9.84 Å². The van der Waals surface area contributed by atoms with E-state index >= 15 is 0 Å². The van der Waals surface area contributed by atoms with E-state index in [0.717, 1.165) is 33.8 Å². The third-order valence-corrected chi connectivity index (χ3v) is 6.07. The molecule has 0 saturated carbocycles. The fourth-order valence-corrected chi connectivity index (χ4v) is 4.08. The standard InChI is InChI=1S/C27H27N5O4/c1-18-15-28-24(19(2)27(18)36-4)17-30(3)25(33)14-21-16-31(22-8-6-5-7-9-22)29-26(21)20-10-12-23(13-11-20)32(34)35/h5-13,15-16H,14,17H2,1-4H3. The minimum Gasteiger partial charge on any atom is -0.496 e. The number of likely N-dealkylation sites (N-methyl/N-ethyl adjacent to an activating group) is 1. The molecule has 4 rings (SSSR count). The number of nitro groups is 1. The minimum absolute atomic E-state index is 0.00463. The second-order valence-electron chi connectivity index (χ2n) is 8.56. The van der Waals surface area contributed by atoms with Crippen molar-refractivity contribution in [1.29, 1.82) is 0 Å². The average Bonchev–Trinajstić information content (AvgIpc) is 3.30. The van der Waals surface area contributed by atoms with Crippen LogP contribution in [0.2, 0.25) is 0 Å². The molecule has 9 nitrogen and oxygen atoms in total. The number of benzene rings is 2. The highest BCUT2D eigenvalue weighted by Gasteiger charge is 2.20. The molecule has 2 aromatic heterocycles. The van der Waals surface area contributed by atoms with Gasteiger partial charge in [0.15, 0.2) is 0 Å². The quantitative estimate of drug-likeness (QED) is 0.265. The van der Waals surface area contributed by atoms with E-state index in [9.17, 15) is 14.9 Å². The summed E-state index contributed by atoms with van der Waals surface area (Å²) in [6, 6.07) is 15.8. The van der Waals surface area contributed by atoms with Gasteiger partial charge < -0.3 is 9.64 Å². The molecule has 0 fully saturated rings. The summed E-state index contributed by atoms with van der Waals surface area (Å²) in [7, 11) is 3.36. The van der Waals surface area contributed by atoms with Crippen LogP contribution in [-0.4, -0.2) is 44.7 Å². The lowest BCUT2D eigenvalue weighted by Crippen LogP contribution is -2.28. The molecule has 2 heterocycles. The zero-order valence-electron chi connectivity index (χ0n) is 20.6. The highest BCUT2D eigenvalue weighted by molar-refractivity contribution is 5.81. The number of nitrogens with zero attached hydrogens (tertiary/aromatic N) is 5. The lowest BCUT2D eigenvalue weighted by Gasteiger charge is -2.19. The Hall–Kier alpha value is -4.53. The van der Waals surface area contributed by atoms with Gasteiger partial charge in [0, 0.05) is 53.8 Å². The van der Waals surface area contributed by atoms with Crippen LogP contribution in [0.5, 0.6) is 5.75 Å². The second kappa shape index (κ2) is 10.4. The smallest absolute Gasteiger partial charge is 0.269 e. The van der Waals surface area contributed by atoms with Gasteiger partial charge in [0.05, 0.1) is 42.1 Å². The van der Waals surface area contributed by atoms with Crippen molar-refractivity contribution in [2.45, 2.75) is 26.8 Å². The predicted octanol–water partition coefficient (Wildman–Crippen LogP) is 4.67. The Morgan fingerprint density at radius 3 is 2.44 bits per heavy atom. The number of carbonyl (C=O) groups is 1. The first-order valence-electron chi connectivity index (χ1n) is 11.4. The van der Waals surface area contributed by atoms with Crippen LogP contribution in [0.3, 0.4) is 0 Å². The fraction of sp³-hybridized carbons (Fsp3) is 0.222. The van der Waals surface area contributed by atoms with Crippen LogP contribution in [0.1, 0.15) is 22.4 Å². The number of para-hydroxylation sites is 1. The zero-order valence-corrected chi connectivity index (χ0v) is 20.6. The summed E-state index contributed by atoms with van der Waals surface area (Å²) in [5.41, 5.74) is 5.46. The van der Waals surface area contributed by atoms with Gasteiger partial charge in [0.2, 0.25) is 5.91 Å². The molecule has 4 aromatic rings. The van der Waals surface area contributed by atoms with Crippen LogP contribution in [0.25, 0.3) is 16.9 Å². The van der Waals surface area contributed by atoms with Crippen molar-refractivity contribution < 1.29 is 14.5 Å². The van der Waals surface area contributed by atoms with E-state index in [-0.39, 0.29) is 18.0 Å². The Morgan fingerprint density at radius 1 is 1.11 bits per heavy atom. The molecule has 0 atom stereocenters. The number of hydrogen-bond acceptors (Lipinski definition) is 6. The molecular formula is C27H27N5O4. The summed E-state index contributed by atoms with van der Waals surface area (Å²) >= 11 is 0. The van der Waals surface area contributed by atoms with Crippen molar-refractivity contribution in [1.82, 2.24) is 19.7 Å². The normalized spacial score (nSPS) is 10.8. The molecule has 0 radical (unpaired) electrons. The van der Waals surface area contributed by atoms with Crippen molar-refractivity contribution >= 4 is 11.6 Å². The first kappa shape index (κ1) is 24.6. The monoisotopic (exact) mass is 485 g/mol. The van der Waals surface area contributed by atoms with E-state index in [0.29, 0.717) is 17.8 Å². The van der Waals surface area contributed by atoms with E-state index in [2.05, 4.69) is 4.98 Å². The summed E-state index contributed by atoms with van der Waals surface area (Å²) < 4.78 is 7.21. The van der Waals surface area contributed by atoms with Crippen molar-refractivity contribution in [3.8, 4) is 22.7 Å².